The molecule has 0 radical (unpaired) electrons. The van der Waals surface area contributed by atoms with Crippen LogP contribution in [0.5, 0.6) is 0 Å². The normalized spacial score (nSPS) is 20.0. The number of aryl methyl sites for hydroxylation is 1. The zero-order chi connectivity index (χ0) is 12.8. The number of rotatable bonds is 6. The van der Waals surface area contributed by atoms with E-state index in [4.69, 9.17) is 0 Å². The first-order valence-corrected chi connectivity index (χ1v) is 7.24. The lowest BCUT2D eigenvalue weighted by molar-refractivity contribution is 0.379. The maximum atomic E-state index is 4.31. The van der Waals surface area contributed by atoms with Gasteiger partial charge in [0.15, 0.2) is 0 Å². The lowest BCUT2D eigenvalue weighted by Crippen LogP contribution is -2.34. The average Bonchev–Trinajstić information content (AvgIpc) is 2.80. The van der Waals surface area contributed by atoms with E-state index in [1.807, 2.05) is 0 Å². The Kier molecular flexibility index (Phi) is 4.99. The summed E-state index contributed by atoms with van der Waals surface area (Å²) in [6.45, 7) is 7.23. The van der Waals surface area contributed by atoms with Gasteiger partial charge in [-0.15, -0.1) is 10.2 Å². The van der Waals surface area contributed by atoms with Gasteiger partial charge in [0.25, 0.3) is 0 Å². The van der Waals surface area contributed by atoms with E-state index < -0.39 is 0 Å². The van der Waals surface area contributed by atoms with Crippen LogP contribution >= 0.6 is 0 Å². The molecular formula is C13H25N5. The van der Waals surface area contributed by atoms with Crippen LogP contribution in [0.3, 0.4) is 0 Å². The first-order valence-electron chi connectivity index (χ1n) is 7.24. The summed E-state index contributed by atoms with van der Waals surface area (Å²) in [7, 11) is 0. The highest BCUT2D eigenvalue weighted by Gasteiger charge is 2.15. The zero-order valence-corrected chi connectivity index (χ0v) is 11.6. The fourth-order valence-electron chi connectivity index (χ4n) is 2.62. The third-order valence-corrected chi connectivity index (χ3v) is 3.61. The van der Waals surface area contributed by atoms with Crippen LogP contribution in [0.4, 0.5) is 5.95 Å². The summed E-state index contributed by atoms with van der Waals surface area (Å²) in [6.07, 6.45) is 6.18. The Bertz CT molecular complexity index is 354. The Morgan fingerprint density at radius 1 is 1.33 bits per heavy atom. The minimum absolute atomic E-state index is 0.670. The van der Waals surface area contributed by atoms with E-state index in [2.05, 4.69) is 39.2 Å². The van der Waals surface area contributed by atoms with E-state index in [0.29, 0.717) is 6.04 Å². The third kappa shape index (κ3) is 3.22. The minimum Gasteiger partial charge on any atom is -0.355 e. The van der Waals surface area contributed by atoms with Crippen molar-refractivity contribution in [2.24, 2.45) is 0 Å². The largest absolute Gasteiger partial charge is 0.355 e. The molecule has 0 aromatic carbocycles. The fourth-order valence-corrected chi connectivity index (χ4v) is 2.62. The first kappa shape index (κ1) is 13.3. The maximum Gasteiger partial charge on any atom is 0.224 e. The Morgan fingerprint density at radius 2 is 2.22 bits per heavy atom. The zero-order valence-electron chi connectivity index (χ0n) is 11.6. The summed E-state index contributed by atoms with van der Waals surface area (Å²) >= 11 is 0. The lowest BCUT2D eigenvalue weighted by Gasteiger charge is -2.23. The molecule has 2 N–H and O–H groups in total. The van der Waals surface area contributed by atoms with Crippen LogP contribution in [0.1, 0.15) is 45.4 Å². The number of aromatic nitrogens is 3. The summed E-state index contributed by atoms with van der Waals surface area (Å²) < 4.78 is 2.19. The van der Waals surface area contributed by atoms with E-state index in [1.54, 1.807) is 0 Å². The van der Waals surface area contributed by atoms with Gasteiger partial charge < -0.3 is 10.6 Å². The number of anilines is 1. The molecule has 2 rings (SSSR count). The summed E-state index contributed by atoms with van der Waals surface area (Å²) in [5.74, 6) is 2.02. The van der Waals surface area contributed by atoms with Crippen LogP contribution in [-0.2, 0) is 13.0 Å². The molecule has 5 heteroatoms. The van der Waals surface area contributed by atoms with Gasteiger partial charge in [0.2, 0.25) is 5.95 Å². The molecule has 102 valence electrons. The summed E-state index contributed by atoms with van der Waals surface area (Å²) in [5, 5.41) is 15.4. The SMILES string of the molecule is CCNc1nnc(CCC2CCCCN2)n1CC. The Hall–Kier alpha value is -1.10. The molecule has 1 aliphatic rings. The van der Waals surface area contributed by atoms with Gasteiger partial charge >= 0.3 is 0 Å². The van der Waals surface area contributed by atoms with E-state index in [1.165, 1.54) is 32.2 Å². The molecule has 5 nitrogen and oxygen atoms in total. The molecule has 1 aromatic heterocycles. The first-order chi connectivity index (χ1) is 8.85. The molecule has 1 fully saturated rings. The second-order valence-corrected chi connectivity index (χ2v) is 4.90. The number of hydrogen-bond acceptors (Lipinski definition) is 4. The van der Waals surface area contributed by atoms with Crippen LogP contribution in [0.2, 0.25) is 0 Å². The molecule has 0 spiro atoms. The van der Waals surface area contributed by atoms with Crippen molar-refractivity contribution in [2.75, 3.05) is 18.4 Å². The quantitative estimate of drug-likeness (QED) is 0.809. The van der Waals surface area contributed by atoms with Crippen molar-refractivity contribution in [3.8, 4) is 0 Å². The molecule has 1 aromatic rings. The lowest BCUT2D eigenvalue weighted by atomic mass is 10.0. The molecule has 0 aliphatic carbocycles. The molecule has 0 saturated carbocycles. The van der Waals surface area contributed by atoms with Crippen LogP contribution in [-0.4, -0.2) is 33.9 Å². The molecule has 18 heavy (non-hydrogen) atoms. The van der Waals surface area contributed by atoms with Gasteiger partial charge in [0, 0.05) is 25.6 Å². The molecule has 1 atom stereocenters. The highest BCUT2D eigenvalue weighted by Crippen LogP contribution is 2.14. The van der Waals surface area contributed by atoms with E-state index in [0.717, 1.165) is 31.3 Å². The minimum atomic E-state index is 0.670. The van der Waals surface area contributed by atoms with Gasteiger partial charge in [-0.25, -0.2) is 0 Å². The van der Waals surface area contributed by atoms with Gasteiger partial charge in [-0.05, 0) is 39.7 Å². The second kappa shape index (κ2) is 6.73. The van der Waals surface area contributed by atoms with Crippen LogP contribution in [0, 0.1) is 0 Å². The number of nitrogens with one attached hydrogen (secondary N) is 2. The van der Waals surface area contributed by atoms with Gasteiger partial charge in [-0.2, -0.15) is 0 Å². The molecule has 0 amide bonds. The maximum absolute atomic E-state index is 4.31. The van der Waals surface area contributed by atoms with Crippen LogP contribution in [0.15, 0.2) is 0 Å². The number of hydrogen-bond donors (Lipinski definition) is 2. The van der Waals surface area contributed by atoms with Gasteiger partial charge in [-0.3, -0.25) is 4.57 Å². The Balaban J connectivity index is 1.91. The topological polar surface area (TPSA) is 54.8 Å². The predicted octanol–water partition coefficient (Wildman–Crippen LogP) is 1.80. The monoisotopic (exact) mass is 251 g/mol. The third-order valence-electron chi connectivity index (χ3n) is 3.61. The summed E-state index contributed by atoms with van der Waals surface area (Å²) in [5.41, 5.74) is 0. The predicted molar refractivity (Wildman–Crippen MR) is 73.8 cm³/mol. The highest BCUT2D eigenvalue weighted by atomic mass is 15.3. The van der Waals surface area contributed by atoms with E-state index >= 15 is 0 Å². The van der Waals surface area contributed by atoms with E-state index in [9.17, 15) is 0 Å². The molecule has 2 heterocycles. The van der Waals surface area contributed by atoms with Crippen molar-refractivity contribution in [1.82, 2.24) is 20.1 Å². The number of piperidine rings is 1. The smallest absolute Gasteiger partial charge is 0.224 e. The number of nitrogens with zero attached hydrogens (tertiary/aromatic N) is 3. The highest BCUT2D eigenvalue weighted by molar-refractivity contribution is 5.25. The van der Waals surface area contributed by atoms with Crippen molar-refractivity contribution in [1.29, 1.82) is 0 Å². The Labute approximate surface area is 109 Å². The fraction of sp³-hybridized carbons (Fsp3) is 0.846. The standard InChI is InChI=1S/C13H25N5/c1-3-14-13-17-16-12(18(13)4-2)9-8-11-7-5-6-10-15-11/h11,15H,3-10H2,1-2H3,(H,14,17). The van der Waals surface area contributed by atoms with Gasteiger partial charge in [0.05, 0.1) is 0 Å². The molecule has 1 unspecified atom stereocenters. The van der Waals surface area contributed by atoms with E-state index in [-0.39, 0.29) is 0 Å². The van der Waals surface area contributed by atoms with Crippen LogP contribution < -0.4 is 10.6 Å². The average molecular weight is 251 g/mol. The van der Waals surface area contributed by atoms with Crippen molar-refractivity contribution >= 4 is 5.95 Å². The van der Waals surface area contributed by atoms with Crippen molar-refractivity contribution < 1.29 is 0 Å². The van der Waals surface area contributed by atoms with Crippen LogP contribution in [0.25, 0.3) is 0 Å². The molecule has 0 bridgehead atoms. The second-order valence-electron chi connectivity index (χ2n) is 4.90. The van der Waals surface area contributed by atoms with Crippen molar-refractivity contribution in [3.63, 3.8) is 0 Å². The van der Waals surface area contributed by atoms with Crippen molar-refractivity contribution in [3.05, 3.63) is 5.82 Å². The summed E-state index contributed by atoms with van der Waals surface area (Å²) in [4.78, 5) is 0. The van der Waals surface area contributed by atoms with Gasteiger partial charge in [0.1, 0.15) is 5.82 Å². The van der Waals surface area contributed by atoms with Gasteiger partial charge in [-0.1, -0.05) is 6.42 Å². The molecule has 1 aliphatic heterocycles. The Morgan fingerprint density at radius 3 is 2.89 bits per heavy atom. The molecular weight excluding hydrogens is 226 g/mol. The summed E-state index contributed by atoms with van der Waals surface area (Å²) in [6, 6.07) is 0.670. The molecule has 1 saturated heterocycles. The van der Waals surface area contributed by atoms with Crippen molar-refractivity contribution in [2.45, 2.75) is 58.5 Å².